The molecule has 1 rings (SSSR count). The summed E-state index contributed by atoms with van der Waals surface area (Å²) in [5.74, 6) is -1.44. The first-order chi connectivity index (χ1) is 14.5. The summed E-state index contributed by atoms with van der Waals surface area (Å²) >= 11 is 0. The van der Waals surface area contributed by atoms with Crippen LogP contribution < -0.4 is 5.32 Å². The summed E-state index contributed by atoms with van der Waals surface area (Å²) in [6.07, 6.45) is 11.4. The third-order valence-corrected chi connectivity index (χ3v) is 5.42. The van der Waals surface area contributed by atoms with Crippen LogP contribution in [0.3, 0.4) is 0 Å². The van der Waals surface area contributed by atoms with Crippen molar-refractivity contribution in [1.29, 1.82) is 0 Å². The molecule has 0 amide bonds. The normalized spacial score (nSPS) is 12.9. The second-order valence-electron chi connectivity index (χ2n) is 7.95. The highest BCUT2D eigenvalue weighted by atomic mass is 16.5. The second-order valence-corrected chi connectivity index (χ2v) is 7.95. The van der Waals surface area contributed by atoms with Crippen molar-refractivity contribution in [2.24, 2.45) is 5.92 Å². The lowest BCUT2D eigenvalue weighted by atomic mass is 9.97. The fourth-order valence-electron chi connectivity index (χ4n) is 3.31. The Labute approximate surface area is 181 Å². The summed E-state index contributed by atoms with van der Waals surface area (Å²) < 4.78 is 4.81. The number of carboxylic acids is 1. The number of aliphatic hydroxyl groups is 1. The van der Waals surface area contributed by atoms with Crippen LogP contribution in [0.5, 0.6) is 0 Å². The molecule has 0 aromatic heterocycles. The van der Waals surface area contributed by atoms with Crippen molar-refractivity contribution in [1.82, 2.24) is 0 Å². The van der Waals surface area contributed by atoms with Crippen molar-refractivity contribution in [2.45, 2.75) is 84.2 Å². The molecule has 2 atom stereocenters. The van der Waals surface area contributed by atoms with E-state index in [1.54, 1.807) is 12.1 Å². The van der Waals surface area contributed by atoms with Crippen molar-refractivity contribution >= 4 is 17.6 Å². The van der Waals surface area contributed by atoms with Crippen LogP contribution in [0.4, 0.5) is 5.69 Å². The molecule has 170 valence electrons. The molecule has 0 spiro atoms. The lowest BCUT2D eigenvalue weighted by molar-refractivity contribution is -0.148. The van der Waals surface area contributed by atoms with E-state index in [0.29, 0.717) is 11.5 Å². The number of aliphatic hydroxyl groups excluding tert-OH is 1. The SMILES string of the molecule is CCCCCCCCCCC(CC)CNc1ccc(C(=O)OCC(O)C(=O)O)cc1. The molecule has 0 bridgehead atoms. The molecule has 0 aliphatic heterocycles. The number of aliphatic carboxylic acids is 1. The zero-order chi connectivity index (χ0) is 22.2. The van der Waals surface area contributed by atoms with E-state index in [2.05, 4.69) is 19.2 Å². The highest BCUT2D eigenvalue weighted by molar-refractivity contribution is 5.90. The standard InChI is InChI=1S/C24H39NO5/c1-3-5-6-7-8-9-10-11-12-19(4-2)17-25-21-15-13-20(14-16-21)24(29)30-18-22(26)23(27)28/h13-16,19,22,25-26H,3-12,17-18H2,1-2H3,(H,27,28). The first-order valence-corrected chi connectivity index (χ1v) is 11.4. The van der Waals surface area contributed by atoms with Crippen LogP contribution in [0.2, 0.25) is 0 Å². The fourth-order valence-corrected chi connectivity index (χ4v) is 3.31. The molecule has 3 N–H and O–H groups in total. The van der Waals surface area contributed by atoms with Gasteiger partial charge in [0.1, 0.15) is 6.61 Å². The van der Waals surface area contributed by atoms with Crippen LogP contribution in [0.15, 0.2) is 24.3 Å². The lowest BCUT2D eigenvalue weighted by Crippen LogP contribution is -2.26. The minimum absolute atomic E-state index is 0.323. The predicted molar refractivity (Wildman–Crippen MR) is 120 cm³/mol. The Hall–Kier alpha value is -2.08. The third kappa shape index (κ3) is 11.2. The fraction of sp³-hybridized carbons (Fsp3) is 0.667. The van der Waals surface area contributed by atoms with Gasteiger partial charge in [0.05, 0.1) is 5.56 Å². The summed E-state index contributed by atoms with van der Waals surface area (Å²) in [5, 5.41) is 21.2. The number of benzene rings is 1. The summed E-state index contributed by atoms with van der Waals surface area (Å²) in [6, 6.07) is 6.90. The first kappa shape index (κ1) is 26.0. The smallest absolute Gasteiger partial charge is 0.338 e. The minimum atomic E-state index is -1.71. The zero-order valence-electron chi connectivity index (χ0n) is 18.6. The molecule has 0 heterocycles. The maximum atomic E-state index is 11.9. The quantitative estimate of drug-likeness (QED) is 0.235. The maximum absolute atomic E-state index is 11.9. The average molecular weight is 422 g/mol. The van der Waals surface area contributed by atoms with Gasteiger partial charge in [-0.1, -0.05) is 71.6 Å². The highest BCUT2D eigenvalue weighted by Gasteiger charge is 2.16. The van der Waals surface area contributed by atoms with E-state index in [-0.39, 0.29) is 0 Å². The zero-order valence-corrected chi connectivity index (χ0v) is 18.6. The third-order valence-electron chi connectivity index (χ3n) is 5.42. The first-order valence-electron chi connectivity index (χ1n) is 11.4. The number of hydrogen-bond donors (Lipinski definition) is 3. The number of rotatable bonds is 17. The van der Waals surface area contributed by atoms with Crippen molar-refractivity contribution in [3.05, 3.63) is 29.8 Å². The number of anilines is 1. The van der Waals surface area contributed by atoms with Gasteiger partial charge < -0.3 is 20.3 Å². The van der Waals surface area contributed by atoms with Crippen molar-refractivity contribution in [3.63, 3.8) is 0 Å². The summed E-state index contributed by atoms with van der Waals surface area (Å²) in [4.78, 5) is 22.4. The van der Waals surface area contributed by atoms with Gasteiger partial charge in [0.15, 0.2) is 6.10 Å². The summed E-state index contributed by atoms with van der Waals surface area (Å²) in [7, 11) is 0. The molecule has 1 aromatic rings. The molecule has 2 unspecified atom stereocenters. The van der Waals surface area contributed by atoms with Crippen LogP contribution in [0, 0.1) is 5.92 Å². The molecule has 0 aliphatic rings. The van der Waals surface area contributed by atoms with Gasteiger partial charge in [-0.25, -0.2) is 9.59 Å². The molecule has 30 heavy (non-hydrogen) atoms. The number of carbonyl (C=O) groups excluding carboxylic acids is 1. The van der Waals surface area contributed by atoms with E-state index in [0.717, 1.165) is 18.7 Å². The van der Waals surface area contributed by atoms with Crippen molar-refractivity contribution in [2.75, 3.05) is 18.5 Å². The molecular formula is C24H39NO5. The van der Waals surface area contributed by atoms with Crippen LogP contribution in [0.1, 0.15) is 88.4 Å². The Kier molecular flexibility index (Phi) is 13.6. The van der Waals surface area contributed by atoms with E-state index < -0.39 is 24.6 Å². The van der Waals surface area contributed by atoms with E-state index in [9.17, 15) is 9.59 Å². The molecule has 6 heteroatoms. The van der Waals surface area contributed by atoms with Gasteiger partial charge in [-0.15, -0.1) is 0 Å². The molecule has 0 aliphatic carbocycles. The van der Waals surface area contributed by atoms with Gasteiger partial charge in [-0.3, -0.25) is 0 Å². The number of ether oxygens (including phenoxy) is 1. The molecule has 0 radical (unpaired) electrons. The van der Waals surface area contributed by atoms with Gasteiger partial charge in [0.2, 0.25) is 0 Å². The summed E-state index contributed by atoms with van der Waals surface area (Å²) in [5.41, 5.74) is 1.26. The number of carbonyl (C=O) groups is 2. The number of unbranched alkanes of at least 4 members (excludes halogenated alkanes) is 7. The molecular weight excluding hydrogens is 382 g/mol. The second kappa shape index (κ2) is 15.7. The van der Waals surface area contributed by atoms with Crippen LogP contribution in [-0.2, 0) is 9.53 Å². The number of hydrogen-bond acceptors (Lipinski definition) is 5. The molecule has 0 saturated carbocycles. The monoisotopic (exact) mass is 421 g/mol. The molecule has 6 nitrogen and oxygen atoms in total. The maximum Gasteiger partial charge on any atom is 0.338 e. The Morgan fingerprint density at radius 2 is 1.57 bits per heavy atom. The van der Waals surface area contributed by atoms with Crippen LogP contribution in [0.25, 0.3) is 0 Å². The number of esters is 1. The van der Waals surface area contributed by atoms with E-state index in [1.807, 2.05) is 12.1 Å². The largest absolute Gasteiger partial charge is 0.479 e. The Bertz CT molecular complexity index is 602. The lowest BCUT2D eigenvalue weighted by Gasteiger charge is -2.16. The number of nitrogens with one attached hydrogen (secondary N) is 1. The van der Waals surface area contributed by atoms with E-state index in [1.165, 1.54) is 57.8 Å². The van der Waals surface area contributed by atoms with Crippen LogP contribution in [-0.4, -0.2) is 41.4 Å². The minimum Gasteiger partial charge on any atom is -0.479 e. The number of carboxylic acid groups (broad SMARTS) is 1. The summed E-state index contributed by atoms with van der Waals surface area (Å²) in [6.45, 7) is 4.81. The molecule has 1 aromatic carbocycles. The molecule has 0 fully saturated rings. The predicted octanol–water partition coefficient (Wildman–Crippen LogP) is 5.26. The highest BCUT2D eigenvalue weighted by Crippen LogP contribution is 2.18. The molecule has 0 saturated heterocycles. The Morgan fingerprint density at radius 1 is 0.967 bits per heavy atom. The Morgan fingerprint density at radius 3 is 2.13 bits per heavy atom. The van der Waals surface area contributed by atoms with Gasteiger partial charge >= 0.3 is 11.9 Å². The van der Waals surface area contributed by atoms with Gasteiger partial charge in [0, 0.05) is 12.2 Å². The topological polar surface area (TPSA) is 95.9 Å². The van der Waals surface area contributed by atoms with Gasteiger partial charge in [-0.05, 0) is 36.6 Å². The van der Waals surface area contributed by atoms with Gasteiger partial charge in [0.25, 0.3) is 0 Å². The van der Waals surface area contributed by atoms with Crippen LogP contribution >= 0.6 is 0 Å². The van der Waals surface area contributed by atoms with E-state index in [4.69, 9.17) is 14.9 Å². The van der Waals surface area contributed by atoms with Gasteiger partial charge in [-0.2, -0.15) is 0 Å². The van der Waals surface area contributed by atoms with Crippen molar-refractivity contribution < 1.29 is 24.5 Å². The average Bonchev–Trinajstić information content (AvgIpc) is 2.75. The van der Waals surface area contributed by atoms with Crippen molar-refractivity contribution in [3.8, 4) is 0 Å². The Balaban J connectivity index is 2.27. The van der Waals surface area contributed by atoms with E-state index >= 15 is 0 Å².